The largest absolute Gasteiger partial charge is 0.497 e. The Bertz CT molecular complexity index is 820. The molecule has 1 aliphatic heterocycles. The predicted octanol–water partition coefficient (Wildman–Crippen LogP) is 2.67. The second-order valence-electron chi connectivity index (χ2n) is 6.84. The van der Waals surface area contributed by atoms with Crippen molar-refractivity contribution in [3.05, 3.63) is 60.2 Å². The molecule has 3 rings (SSSR count). The number of carbonyl (C=O) groups excluding carboxylic acids is 1. The van der Waals surface area contributed by atoms with Gasteiger partial charge in [0, 0.05) is 24.8 Å². The highest BCUT2D eigenvalue weighted by molar-refractivity contribution is 5.90. The molecule has 1 saturated heterocycles. The number of ether oxygens (including phenoxy) is 2. The highest BCUT2D eigenvalue weighted by Gasteiger charge is 2.25. The van der Waals surface area contributed by atoms with Crippen LogP contribution in [-0.2, 0) is 9.53 Å². The third kappa shape index (κ3) is 6.04. The van der Waals surface area contributed by atoms with E-state index < -0.39 is 0 Å². The Hall–Kier alpha value is -2.90. The van der Waals surface area contributed by atoms with E-state index in [1.807, 2.05) is 49.4 Å². The van der Waals surface area contributed by atoms with Gasteiger partial charge in [-0.25, -0.2) is 5.43 Å². The Kier molecular flexibility index (Phi) is 7.61. The van der Waals surface area contributed by atoms with Crippen LogP contribution < -0.4 is 15.5 Å². The topological polar surface area (TPSA) is 75.2 Å². The molecule has 0 aromatic heterocycles. The van der Waals surface area contributed by atoms with E-state index in [0.29, 0.717) is 13.2 Å². The molecule has 0 aliphatic carbocycles. The predicted molar refractivity (Wildman–Crippen MR) is 114 cm³/mol. The van der Waals surface area contributed by atoms with Crippen molar-refractivity contribution in [3.63, 3.8) is 0 Å². The first kappa shape index (κ1) is 20.8. The standard InChI is InChI=1S/C22H28N4O3/c1-17(22(18-7-4-3-5-8-18)26-11-13-29-14-12-26)24-25-21(27)16-23-19-9-6-10-20(15-19)28-2/h3-10,15,22-23H,11-14,16H2,1-2H3,(H,25,27)/b24-17-/t22-/m0/s1. The van der Waals surface area contributed by atoms with Gasteiger partial charge in [-0.3, -0.25) is 9.69 Å². The molecule has 0 spiro atoms. The summed E-state index contributed by atoms with van der Waals surface area (Å²) in [4.78, 5) is 14.6. The fraction of sp³-hybridized carbons (Fsp3) is 0.364. The van der Waals surface area contributed by atoms with Crippen LogP contribution in [0.5, 0.6) is 5.75 Å². The number of morpholine rings is 1. The lowest BCUT2D eigenvalue weighted by atomic mass is 10.0. The third-order valence-electron chi connectivity index (χ3n) is 4.80. The van der Waals surface area contributed by atoms with E-state index in [9.17, 15) is 4.79 Å². The van der Waals surface area contributed by atoms with Gasteiger partial charge in [-0.05, 0) is 24.6 Å². The Morgan fingerprint density at radius 3 is 2.66 bits per heavy atom. The molecule has 0 radical (unpaired) electrons. The molecular weight excluding hydrogens is 368 g/mol. The average molecular weight is 396 g/mol. The van der Waals surface area contributed by atoms with Gasteiger partial charge in [-0.2, -0.15) is 5.10 Å². The summed E-state index contributed by atoms with van der Waals surface area (Å²) < 4.78 is 10.7. The first-order valence-electron chi connectivity index (χ1n) is 9.75. The maximum Gasteiger partial charge on any atom is 0.259 e. The molecule has 29 heavy (non-hydrogen) atoms. The first-order valence-corrected chi connectivity index (χ1v) is 9.75. The summed E-state index contributed by atoms with van der Waals surface area (Å²) in [5.41, 5.74) is 5.48. The minimum Gasteiger partial charge on any atom is -0.497 e. The van der Waals surface area contributed by atoms with Crippen LogP contribution in [0.4, 0.5) is 5.69 Å². The van der Waals surface area contributed by atoms with Crippen molar-refractivity contribution < 1.29 is 14.3 Å². The number of benzene rings is 2. The number of hydrazone groups is 1. The van der Waals surface area contributed by atoms with Crippen molar-refractivity contribution in [3.8, 4) is 5.75 Å². The van der Waals surface area contributed by atoms with Crippen LogP contribution in [0.1, 0.15) is 18.5 Å². The van der Waals surface area contributed by atoms with Gasteiger partial charge >= 0.3 is 0 Å². The Labute approximate surface area is 171 Å². The summed E-state index contributed by atoms with van der Waals surface area (Å²) in [5, 5.41) is 7.47. The van der Waals surface area contributed by atoms with Crippen LogP contribution in [0, 0.1) is 0 Å². The van der Waals surface area contributed by atoms with E-state index in [1.54, 1.807) is 7.11 Å². The van der Waals surface area contributed by atoms with Gasteiger partial charge in [0.15, 0.2) is 0 Å². The third-order valence-corrected chi connectivity index (χ3v) is 4.80. The zero-order chi connectivity index (χ0) is 20.5. The van der Waals surface area contributed by atoms with Crippen LogP contribution in [-0.4, -0.2) is 56.5 Å². The molecule has 1 fully saturated rings. The molecule has 1 atom stereocenters. The summed E-state index contributed by atoms with van der Waals surface area (Å²) in [5.74, 6) is 0.529. The molecule has 1 aliphatic rings. The highest BCUT2D eigenvalue weighted by Crippen LogP contribution is 2.23. The molecule has 2 aromatic carbocycles. The average Bonchev–Trinajstić information content (AvgIpc) is 2.78. The molecule has 0 bridgehead atoms. The first-order chi connectivity index (χ1) is 14.2. The number of anilines is 1. The van der Waals surface area contributed by atoms with Crippen molar-refractivity contribution in [2.75, 3.05) is 45.3 Å². The molecule has 7 nitrogen and oxygen atoms in total. The fourth-order valence-electron chi connectivity index (χ4n) is 3.35. The summed E-state index contributed by atoms with van der Waals surface area (Å²) in [6, 6.07) is 17.7. The van der Waals surface area contributed by atoms with Crippen LogP contribution in [0.25, 0.3) is 0 Å². The Balaban J connectivity index is 1.62. The van der Waals surface area contributed by atoms with Gasteiger partial charge in [0.1, 0.15) is 5.75 Å². The molecule has 0 unspecified atom stereocenters. The number of carbonyl (C=O) groups is 1. The van der Waals surface area contributed by atoms with Crippen molar-refractivity contribution in [1.82, 2.24) is 10.3 Å². The van der Waals surface area contributed by atoms with Crippen molar-refractivity contribution in [2.45, 2.75) is 13.0 Å². The molecule has 0 saturated carbocycles. The Morgan fingerprint density at radius 1 is 1.17 bits per heavy atom. The molecule has 1 heterocycles. The smallest absolute Gasteiger partial charge is 0.259 e. The van der Waals surface area contributed by atoms with Gasteiger partial charge < -0.3 is 14.8 Å². The number of nitrogens with one attached hydrogen (secondary N) is 2. The van der Waals surface area contributed by atoms with Crippen molar-refractivity contribution in [1.29, 1.82) is 0 Å². The quantitative estimate of drug-likeness (QED) is 0.530. The van der Waals surface area contributed by atoms with E-state index in [0.717, 1.165) is 35.8 Å². The summed E-state index contributed by atoms with van der Waals surface area (Å²) in [7, 11) is 1.61. The summed E-state index contributed by atoms with van der Waals surface area (Å²) in [6.45, 7) is 5.14. The lowest BCUT2D eigenvalue weighted by molar-refractivity contribution is -0.119. The minimum atomic E-state index is -0.207. The molecule has 7 heteroatoms. The number of rotatable bonds is 8. The van der Waals surface area contributed by atoms with Crippen molar-refractivity contribution >= 4 is 17.3 Å². The maximum atomic E-state index is 12.3. The number of hydrogen-bond acceptors (Lipinski definition) is 6. The van der Waals surface area contributed by atoms with Gasteiger partial charge in [0.2, 0.25) is 0 Å². The van der Waals surface area contributed by atoms with E-state index in [4.69, 9.17) is 9.47 Å². The number of hydrogen-bond donors (Lipinski definition) is 2. The van der Waals surface area contributed by atoms with E-state index in [2.05, 4.69) is 32.9 Å². The van der Waals surface area contributed by atoms with Crippen LogP contribution in [0.15, 0.2) is 59.7 Å². The second kappa shape index (κ2) is 10.6. The van der Waals surface area contributed by atoms with E-state index in [1.165, 1.54) is 0 Å². The fourth-order valence-corrected chi connectivity index (χ4v) is 3.35. The Morgan fingerprint density at radius 2 is 1.93 bits per heavy atom. The zero-order valence-corrected chi connectivity index (χ0v) is 16.9. The number of amides is 1. The number of nitrogens with zero attached hydrogens (tertiary/aromatic N) is 2. The van der Waals surface area contributed by atoms with Crippen LogP contribution in [0.2, 0.25) is 0 Å². The lowest BCUT2D eigenvalue weighted by Crippen LogP contribution is -2.42. The number of methoxy groups -OCH3 is 1. The molecule has 2 N–H and O–H groups in total. The monoisotopic (exact) mass is 396 g/mol. The van der Waals surface area contributed by atoms with Gasteiger partial charge in [0.05, 0.1) is 38.6 Å². The molecule has 2 aromatic rings. The zero-order valence-electron chi connectivity index (χ0n) is 16.9. The van der Waals surface area contributed by atoms with Gasteiger partial charge in [-0.1, -0.05) is 36.4 Å². The van der Waals surface area contributed by atoms with Gasteiger partial charge in [0.25, 0.3) is 5.91 Å². The highest BCUT2D eigenvalue weighted by atomic mass is 16.5. The lowest BCUT2D eigenvalue weighted by Gasteiger charge is -2.34. The van der Waals surface area contributed by atoms with Crippen LogP contribution in [0.3, 0.4) is 0 Å². The SMILES string of the molecule is COc1cccc(NCC(=O)N/N=C(/C)[C@@H](c2ccccc2)N2CCOCC2)c1. The summed E-state index contributed by atoms with van der Waals surface area (Å²) in [6.07, 6.45) is 0. The van der Waals surface area contributed by atoms with E-state index in [-0.39, 0.29) is 18.5 Å². The maximum absolute atomic E-state index is 12.3. The van der Waals surface area contributed by atoms with E-state index >= 15 is 0 Å². The molecule has 154 valence electrons. The van der Waals surface area contributed by atoms with Crippen LogP contribution >= 0.6 is 0 Å². The summed E-state index contributed by atoms with van der Waals surface area (Å²) >= 11 is 0. The molecular formula is C22H28N4O3. The normalized spacial score (nSPS) is 16.1. The van der Waals surface area contributed by atoms with Crippen molar-refractivity contribution in [2.24, 2.45) is 5.10 Å². The second-order valence-corrected chi connectivity index (χ2v) is 6.84. The molecule has 1 amide bonds. The minimum absolute atomic E-state index is 0.00624. The van der Waals surface area contributed by atoms with Gasteiger partial charge in [-0.15, -0.1) is 0 Å².